The normalized spacial score (nSPS) is 18.4. The van der Waals surface area contributed by atoms with E-state index in [1.165, 1.54) is 0 Å². The van der Waals surface area contributed by atoms with E-state index >= 15 is 0 Å². The maximum absolute atomic E-state index is 14.3. The van der Waals surface area contributed by atoms with Crippen LogP contribution in [-0.4, -0.2) is 32.8 Å². The molecule has 0 spiro atoms. The smallest absolute Gasteiger partial charge is 0.146 e. The Labute approximate surface area is 127 Å². The first-order chi connectivity index (χ1) is 10.1. The highest BCUT2D eigenvalue weighted by molar-refractivity contribution is 5.48. The first-order valence-electron chi connectivity index (χ1n) is 7.88. The predicted octanol–water partition coefficient (Wildman–Crippen LogP) is 3.19. The molecule has 1 fully saturated rings. The number of benzene rings is 1. The number of anilines is 1. The number of nitrogens with one attached hydrogen (secondary N) is 1. The first kappa shape index (κ1) is 16.2. The van der Waals surface area contributed by atoms with E-state index in [9.17, 15) is 4.39 Å². The summed E-state index contributed by atoms with van der Waals surface area (Å²) in [6.45, 7) is 7.57. The van der Waals surface area contributed by atoms with Crippen LogP contribution < -0.4 is 10.2 Å². The number of halogens is 1. The molecule has 0 bridgehead atoms. The Morgan fingerprint density at radius 1 is 1.43 bits per heavy atom. The summed E-state index contributed by atoms with van der Waals surface area (Å²) in [5.41, 5.74) is 1.64. The van der Waals surface area contributed by atoms with Gasteiger partial charge in [0.05, 0.1) is 11.8 Å². The molecule has 2 rings (SSSR count). The average molecular weight is 294 g/mol. The first-order valence-corrected chi connectivity index (χ1v) is 7.88. The number of hydrogen-bond donors (Lipinski definition) is 1. The maximum atomic E-state index is 14.3. The third-order valence-electron chi connectivity index (χ3n) is 3.81. The minimum atomic E-state index is -0.153. The maximum Gasteiger partial charge on any atom is 0.146 e. The van der Waals surface area contributed by atoms with Crippen molar-refractivity contribution in [2.45, 2.75) is 39.3 Å². The van der Waals surface area contributed by atoms with E-state index in [4.69, 9.17) is 4.74 Å². The van der Waals surface area contributed by atoms with E-state index in [2.05, 4.69) is 19.2 Å². The molecule has 0 aliphatic carbocycles. The summed E-state index contributed by atoms with van der Waals surface area (Å²) in [4.78, 5) is 1.96. The van der Waals surface area contributed by atoms with Gasteiger partial charge in [0.2, 0.25) is 0 Å². The predicted molar refractivity (Wildman–Crippen MR) is 85.2 cm³/mol. The molecular formula is C17H27FN2O. The topological polar surface area (TPSA) is 24.5 Å². The summed E-state index contributed by atoms with van der Waals surface area (Å²) < 4.78 is 19.9. The summed E-state index contributed by atoms with van der Waals surface area (Å²) in [7, 11) is 1.93. The third-order valence-corrected chi connectivity index (χ3v) is 3.81. The van der Waals surface area contributed by atoms with Crippen molar-refractivity contribution in [2.75, 3.05) is 31.6 Å². The van der Waals surface area contributed by atoms with Crippen molar-refractivity contribution in [3.05, 3.63) is 29.6 Å². The van der Waals surface area contributed by atoms with Gasteiger partial charge in [-0.2, -0.15) is 0 Å². The number of hydrogen-bond acceptors (Lipinski definition) is 3. The van der Waals surface area contributed by atoms with E-state index < -0.39 is 0 Å². The standard InChI is InChI=1S/C17H27FN2O/c1-13(2)10-19-11-14-6-7-17(16(18)9-14)20(3)12-15-5-4-8-21-15/h6-7,9,13,15,19H,4-5,8,10-12H2,1-3H3. The number of rotatable bonds is 7. The van der Waals surface area contributed by atoms with Crippen molar-refractivity contribution in [3.63, 3.8) is 0 Å². The lowest BCUT2D eigenvalue weighted by Crippen LogP contribution is -2.29. The zero-order valence-corrected chi connectivity index (χ0v) is 13.4. The lowest BCUT2D eigenvalue weighted by atomic mass is 10.1. The lowest BCUT2D eigenvalue weighted by Gasteiger charge is -2.23. The van der Waals surface area contributed by atoms with Gasteiger partial charge in [0.25, 0.3) is 0 Å². The van der Waals surface area contributed by atoms with Gasteiger partial charge in [0.1, 0.15) is 5.82 Å². The van der Waals surface area contributed by atoms with E-state index in [1.54, 1.807) is 6.07 Å². The van der Waals surface area contributed by atoms with E-state index in [1.807, 2.05) is 24.1 Å². The summed E-state index contributed by atoms with van der Waals surface area (Å²) in [6, 6.07) is 5.50. The molecule has 1 atom stereocenters. The molecule has 3 nitrogen and oxygen atoms in total. The summed E-state index contributed by atoms with van der Waals surface area (Å²) >= 11 is 0. The van der Waals surface area contributed by atoms with Crippen molar-refractivity contribution >= 4 is 5.69 Å². The SMILES string of the molecule is CC(C)CNCc1ccc(N(C)CC2CCCO2)c(F)c1. The second kappa shape index (κ2) is 7.76. The molecule has 1 aromatic rings. The van der Waals surface area contributed by atoms with Crippen molar-refractivity contribution in [1.29, 1.82) is 0 Å². The molecule has 1 saturated heterocycles. The zero-order valence-electron chi connectivity index (χ0n) is 13.4. The van der Waals surface area contributed by atoms with Crippen LogP contribution in [0.25, 0.3) is 0 Å². The van der Waals surface area contributed by atoms with Crippen molar-refractivity contribution in [1.82, 2.24) is 5.32 Å². The Morgan fingerprint density at radius 2 is 2.24 bits per heavy atom. The largest absolute Gasteiger partial charge is 0.376 e. The van der Waals surface area contributed by atoms with Crippen LogP contribution in [-0.2, 0) is 11.3 Å². The van der Waals surface area contributed by atoms with E-state index in [-0.39, 0.29) is 11.9 Å². The van der Waals surface area contributed by atoms with Crippen molar-refractivity contribution in [2.24, 2.45) is 5.92 Å². The van der Waals surface area contributed by atoms with Gasteiger partial charge >= 0.3 is 0 Å². The summed E-state index contributed by atoms with van der Waals surface area (Å²) in [6.07, 6.45) is 2.42. The lowest BCUT2D eigenvalue weighted by molar-refractivity contribution is 0.116. The summed E-state index contributed by atoms with van der Waals surface area (Å²) in [5.74, 6) is 0.450. The summed E-state index contributed by atoms with van der Waals surface area (Å²) in [5, 5.41) is 3.34. The Balaban J connectivity index is 1.91. The fourth-order valence-electron chi connectivity index (χ4n) is 2.67. The number of ether oxygens (including phenoxy) is 1. The second-order valence-corrected chi connectivity index (χ2v) is 6.33. The molecule has 1 aromatic carbocycles. The quantitative estimate of drug-likeness (QED) is 0.836. The number of likely N-dealkylation sites (N-methyl/N-ethyl adjacent to an activating group) is 1. The molecule has 118 valence electrons. The fraction of sp³-hybridized carbons (Fsp3) is 0.647. The van der Waals surface area contributed by atoms with Gasteiger partial charge in [0.15, 0.2) is 0 Å². The van der Waals surface area contributed by atoms with Gasteiger partial charge in [-0.25, -0.2) is 4.39 Å². The van der Waals surface area contributed by atoms with E-state index in [0.717, 1.165) is 38.1 Å². The van der Waals surface area contributed by atoms with Crippen molar-refractivity contribution in [3.8, 4) is 0 Å². The highest BCUT2D eigenvalue weighted by Crippen LogP contribution is 2.22. The van der Waals surface area contributed by atoms with Gasteiger partial charge in [-0.05, 0) is 43.0 Å². The molecule has 0 radical (unpaired) electrons. The molecular weight excluding hydrogens is 267 g/mol. The van der Waals surface area contributed by atoms with Crippen LogP contribution in [0.3, 0.4) is 0 Å². The Hall–Kier alpha value is -1.13. The molecule has 0 amide bonds. The second-order valence-electron chi connectivity index (χ2n) is 6.33. The van der Waals surface area contributed by atoms with Crippen LogP contribution in [0.1, 0.15) is 32.3 Å². The van der Waals surface area contributed by atoms with Crippen LogP contribution in [0.4, 0.5) is 10.1 Å². The van der Waals surface area contributed by atoms with Gasteiger partial charge in [0, 0.05) is 26.7 Å². The molecule has 1 unspecified atom stereocenters. The molecule has 0 aromatic heterocycles. The molecule has 4 heteroatoms. The molecule has 1 heterocycles. The average Bonchev–Trinajstić information content (AvgIpc) is 2.91. The van der Waals surface area contributed by atoms with E-state index in [0.29, 0.717) is 18.2 Å². The molecule has 21 heavy (non-hydrogen) atoms. The minimum Gasteiger partial charge on any atom is -0.376 e. The Bertz CT molecular complexity index is 444. The zero-order chi connectivity index (χ0) is 15.2. The van der Waals surface area contributed by atoms with Crippen LogP contribution in [0, 0.1) is 11.7 Å². The highest BCUT2D eigenvalue weighted by atomic mass is 19.1. The van der Waals surface area contributed by atoms with Crippen molar-refractivity contribution < 1.29 is 9.13 Å². The van der Waals surface area contributed by atoms with Gasteiger partial charge in [-0.1, -0.05) is 19.9 Å². The van der Waals surface area contributed by atoms with Gasteiger partial charge < -0.3 is 15.0 Å². The molecule has 0 saturated carbocycles. The number of nitrogens with zero attached hydrogens (tertiary/aromatic N) is 1. The van der Waals surface area contributed by atoms with Gasteiger partial charge in [-0.3, -0.25) is 0 Å². The minimum absolute atomic E-state index is 0.153. The monoisotopic (exact) mass is 294 g/mol. The third kappa shape index (κ3) is 4.97. The Kier molecular flexibility index (Phi) is 6.00. The fourth-order valence-corrected chi connectivity index (χ4v) is 2.67. The van der Waals surface area contributed by atoms with Crippen LogP contribution in [0.15, 0.2) is 18.2 Å². The van der Waals surface area contributed by atoms with Gasteiger partial charge in [-0.15, -0.1) is 0 Å². The van der Waals surface area contributed by atoms with Crippen LogP contribution >= 0.6 is 0 Å². The molecule has 1 aliphatic rings. The Morgan fingerprint density at radius 3 is 2.86 bits per heavy atom. The molecule has 1 aliphatic heterocycles. The van der Waals surface area contributed by atoms with Crippen LogP contribution in [0.5, 0.6) is 0 Å². The molecule has 1 N–H and O–H groups in total. The van der Waals surface area contributed by atoms with Crippen LogP contribution in [0.2, 0.25) is 0 Å². The highest BCUT2D eigenvalue weighted by Gasteiger charge is 2.19.